The molecule has 0 spiro atoms. The quantitative estimate of drug-likeness (QED) is 0.429. The van der Waals surface area contributed by atoms with E-state index in [4.69, 9.17) is 14.2 Å². The SMILES string of the molecule is O=C(C[C@@H]1CC[C@H]2[C@@H](COC[C@H](O)CN2CCc2ccccc2)O1)NCc1ccc(Oc2ccccc2)cc1. The number of fused-ring (bicyclic) bond motifs is 1. The summed E-state index contributed by atoms with van der Waals surface area (Å²) in [5.74, 6) is 1.53. The molecule has 7 heteroatoms. The molecule has 0 aliphatic carbocycles. The number of rotatable bonds is 9. The molecule has 2 N–H and O–H groups in total. The zero-order chi connectivity index (χ0) is 26.9. The van der Waals surface area contributed by atoms with Crippen LogP contribution in [0.1, 0.15) is 30.4 Å². The van der Waals surface area contributed by atoms with E-state index in [0.29, 0.717) is 32.7 Å². The van der Waals surface area contributed by atoms with Crippen LogP contribution in [0.3, 0.4) is 0 Å². The molecule has 0 unspecified atom stereocenters. The molecule has 4 atom stereocenters. The van der Waals surface area contributed by atoms with E-state index in [2.05, 4.69) is 34.5 Å². The van der Waals surface area contributed by atoms with Crippen LogP contribution in [0.2, 0.25) is 0 Å². The molecule has 0 saturated carbocycles. The summed E-state index contributed by atoms with van der Waals surface area (Å²) in [4.78, 5) is 15.1. The fraction of sp³-hybridized carbons (Fsp3) is 0.406. The number of nitrogens with one attached hydrogen (secondary N) is 1. The van der Waals surface area contributed by atoms with Gasteiger partial charge in [0.15, 0.2) is 0 Å². The van der Waals surface area contributed by atoms with Crippen molar-refractivity contribution in [2.45, 2.75) is 56.6 Å². The van der Waals surface area contributed by atoms with Gasteiger partial charge in [0.25, 0.3) is 0 Å². The third kappa shape index (κ3) is 8.13. The first-order valence-electron chi connectivity index (χ1n) is 13.9. The standard InChI is InChI=1S/C32H38N2O5/c35-26-21-34(18-17-24-7-3-1-4-8-24)30-16-15-29(39-31(30)23-37-22-26)19-32(36)33-20-25-11-13-28(14-12-25)38-27-9-5-2-6-10-27/h1-14,26,29-31,35H,15-23H2,(H,33,36)/t26-,29+,30+,31-/m1/s1. The van der Waals surface area contributed by atoms with Crippen molar-refractivity contribution in [1.29, 1.82) is 0 Å². The van der Waals surface area contributed by atoms with Crippen LogP contribution >= 0.6 is 0 Å². The van der Waals surface area contributed by atoms with E-state index in [9.17, 15) is 9.90 Å². The molecule has 206 valence electrons. The predicted octanol–water partition coefficient (Wildman–Crippen LogP) is 4.34. The molecule has 2 fully saturated rings. The lowest BCUT2D eigenvalue weighted by Gasteiger charge is -2.44. The number of aliphatic hydroxyl groups is 1. The van der Waals surface area contributed by atoms with E-state index in [1.165, 1.54) is 5.56 Å². The topological polar surface area (TPSA) is 80.3 Å². The number of hydrogen-bond acceptors (Lipinski definition) is 6. The summed E-state index contributed by atoms with van der Waals surface area (Å²) in [7, 11) is 0. The van der Waals surface area contributed by atoms with Crippen molar-refractivity contribution in [3.8, 4) is 11.5 Å². The molecule has 2 aliphatic rings. The Morgan fingerprint density at radius 3 is 2.38 bits per heavy atom. The summed E-state index contributed by atoms with van der Waals surface area (Å²) in [6.07, 6.45) is 2.19. The second-order valence-corrected chi connectivity index (χ2v) is 10.4. The minimum Gasteiger partial charge on any atom is -0.457 e. The van der Waals surface area contributed by atoms with Gasteiger partial charge in [-0.1, -0.05) is 60.7 Å². The van der Waals surface area contributed by atoms with E-state index in [1.807, 2.05) is 60.7 Å². The van der Waals surface area contributed by atoms with Crippen LogP contribution in [0.4, 0.5) is 0 Å². The summed E-state index contributed by atoms with van der Waals surface area (Å²) in [5, 5.41) is 13.4. The summed E-state index contributed by atoms with van der Waals surface area (Å²) >= 11 is 0. The smallest absolute Gasteiger partial charge is 0.222 e. The van der Waals surface area contributed by atoms with Gasteiger partial charge in [-0.2, -0.15) is 0 Å². The number of nitrogens with zero attached hydrogens (tertiary/aromatic N) is 1. The summed E-state index contributed by atoms with van der Waals surface area (Å²) in [5.41, 5.74) is 2.29. The number of amides is 1. The molecule has 2 heterocycles. The number of ether oxygens (including phenoxy) is 3. The van der Waals surface area contributed by atoms with Crippen molar-refractivity contribution < 1.29 is 24.1 Å². The average Bonchev–Trinajstić information content (AvgIpc) is 2.95. The lowest BCUT2D eigenvalue weighted by Crippen LogP contribution is -2.56. The summed E-state index contributed by atoms with van der Waals surface area (Å²) < 4.78 is 18.0. The Balaban J connectivity index is 1.09. The van der Waals surface area contributed by atoms with E-state index in [0.717, 1.165) is 42.9 Å². The third-order valence-electron chi connectivity index (χ3n) is 7.42. The van der Waals surface area contributed by atoms with Gasteiger partial charge >= 0.3 is 0 Å². The fourth-order valence-electron chi connectivity index (χ4n) is 5.40. The zero-order valence-electron chi connectivity index (χ0n) is 22.3. The van der Waals surface area contributed by atoms with Gasteiger partial charge in [-0.25, -0.2) is 0 Å². The number of benzene rings is 3. The second kappa shape index (κ2) is 13.7. The Morgan fingerprint density at radius 1 is 0.897 bits per heavy atom. The number of para-hydroxylation sites is 1. The number of β-amino-alcohol motifs (C(OH)–C–C–N with tert-alkyl or cyclic N) is 1. The molecule has 2 saturated heterocycles. The molecular weight excluding hydrogens is 492 g/mol. The van der Waals surface area contributed by atoms with Crippen molar-refractivity contribution in [3.63, 3.8) is 0 Å². The monoisotopic (exact) mass is 530 g/mol. The lowest BCUT2D eigenvalue weighted by molar-refractivity contribution is -0.156. The number of hydrogen-bond donors (Lipinski definition) is 2. The summed E-state index contributed by atoms with van der Waals surface area (Å²) in [6.45, 7) is 2.61. The molecule has 0 bridgehead atoms. The minimum absolute atomic E-state index is 0.0221. The minimum atomic E-state index is -0.510. The molecule has 39 heavy (non-hydrogen) atoms. The van der Waals surface area contributed by atoms with Gasteiger partial charge in [0, 0.05) is 25.7 Å². The highest BCUT2D eigenvalue weighted by atomic mass is 16.5. The highest BCUT2D eigenvalue weighted by Gasteiger charge is 2.37. The van der Waals surface area contributed by atoms with Gasteiger partial charge in [0.05, 0.1) is 37.9 Å². The maximum absolute atomic E-state index is 12.8. The first-order valence-corrected chi connectivity index (χ1v) is 13.9. The molecule has 2 aliphatic heterocycles. The third-order valence-corrected chi connectivity index (χ3v) is 7.42. The largest absolute Gasteiger partial charge is 0.457 e. The fourth-order valence-corrected chi connectivity index (χ4v) is 5.40. The van der Waals surface area contributed by atoms with Crippen LogP contribution in [0, 0.1) is 0 Å². The van der Waals surface area contributed by atoms with Crippen LogP contribution < -0.4 is 10.1 Å². The first-order chi connectivity index (χ1) is 19.1. The Morgan fingerprint density at radius 2 is 1.62 bits per heavy atom. The van der Waals surface area contributed by atoms with E-state index in [1.54, 1.807) is 0 Å². The van der Waals surface area contributed by atoms with E-state index >= 15 is 0 Å². The Bertz CT molecular complexity index is 1160. The lowest BCUT2D eigenvalue weighted by atomic mass is 9.94. The van der Waals surface area contributed by atoms with Crippen molar-refractivity contribution >= 4 is 5.91 Å². The molecular formula is C32H38N2O5. The van der Waals surface area contributed by atoms with Crippen molar-refractivity contribution in [1.82, 2.24) is 10.2 Å². The molecule has 1 amide bonds. The van der Waals surface area contributed by atoms with Crippen LogP contribution in [0.5, 0.6) is 11.5 Å². The zero-order valence-corrected chi connectivity index (χ0v) is 22.3. The van der Waals surface area contributed by atoms with Crippen LogP contribution in [0.15, 0.2) is 84.9 Å². The molecule has 3 aromatic carbocycles. The maximum atomic E-state index is 12.8. The predicted molar refractivity (Wildman–Crippen MR) is 150 cm³/mol. The van der Waals surface area contributed by atoms with Crippen molar-refractivity contribution in [3.05, 3.63) is 96.1 Å². The van der Waals surface area contributed by atoms with Crippen molar-refractivity contribution in [2.24, 2.45) is 0 Å². The highest BCUT2D eigenvalue weighted by Crippen LogP contribution is 2.28. The molecule has 5 rings (SSSR count). The Labute approximate surface area is 230 Å². The number of carbonyl (C=O) groups is 1. The van der Waals surface area contributed by atoms with Gasteiger partial charge < -0.3 is 24.6 Å². The first kappa shape index (κ1) is 27.3. The van der Waals surface area contributed by atoms with E-state index < -0.39 is 6.10 Å². The molecule has 0 radical (unpaired) electrons. The van der Waals surface area contributed by atoms with Crippen LogP contribution in [0.25, 0.3) is 0 Å². The highest BCUT2D eigenvalue weighted by molar-refractivity contribution is 5.76. The normalized spacial score (nSPS) is 23.7. The average molecular weight is 531 g/mol. The van der Waals surface area contributed by atoms with Crippen LogP contribution in [-0.4, -0.2) is 66.6 Å². The van der Waals surface area contributed by atoms with Gasteiger partial charge in [-0.05, 0) is 54.7 Å². The Hall–Kier alpha value is -3.23. The number of carbonyl (C=O) groups excluding carboxylic acids is 1. The van der Waals surface area contributed by atoms with Crippen LogP contribution in [-0.2, 0) is 27.2 Å². The number of aliphatic hydroxyl groups excluding tert-OH is 1. The van der Waals surface area contributed by atoms with E-state index in [-0.39, 0.29) is 24.2 Å². The van der Waals surface area contributed by atoms with Gasteiger partial charge in [0.1, 0.15) is 11.5 Å². The van der Waals surface area contributed by atoms with Gasteiger partial charge in [0.2, 0.25) is 5.91 Å². The molecule has 7 nitrogen and oxygen atoms in total. The Kier molecular flexibility index (Phi) is 9.61. The second-order valence-electron chi connectivity index (χ2n) is 10.4. The summed E-state index contributed by atoms with van der Waals surface area (Å²) in [6, 6.07) is 28.0. The van der Waals surface area contributed by atoms with Gasteiger partial charge in [-0.3, -0.25) is 9.69 Å². The van der Waals surface area contributed by atoms with Crippen molar-refractivity contribution in [2.75, 3.05) is 26.3 Å². The molecule has 3 aromatic rings. The maximum Gasteiger partial charge on any atom is 0.222 e. The van der Waals surface area contributed by atoms with Gasteiger partial charge in [-0.15, -0.1) is 0 Å². The molecule has 0 aromatic heterocycles.